The Kier molecular flexibility index (Phi) is 8.07. The highest BCUT2D eigenvalue weighted by Crippen LogP contribution is 2.26. The number of primary amides is 1. The second-order valence-corrected chi connectivity index (χ2v) is 6.84. The van der Waals surface area contributed by atoms with Crippen LogP contribution in [0.1, 0.15) is 22.3 Å². The molecule has 27 heavy (non-hydrogen) atoms. The molecule has 0 aliphatic heterocycles. The number of amides is 2. The molecule has 0 aliphatic rings. The van der Waals surface area contributed by atoms with Crippen LogP contribution in [0.5, 0.6) is 5.75 Å². The van der Waals surface area contributed by atoms with Gasteiger partial charge in [-0.2, -0.15) is 0 Å². The van der Waals surface area contributed by atoms with Gasteiger partial charge in [-0.3, -0.25) is 9.59 Å². The van der Waals surface area contributed by atoms with Crippen LogP contribution in [0, 0.1) is 0 Å². The van der Waals surface area contributed by atoms with Crippen LogP contribution in [0.25, 0.3) is 0 Å². The fourth-order valence-corrected chi connectivity index (χ4v) is 3.04. The molecule has 0 atom stereocenters. The number of hydrogen-bond acceptors (Lipinski definition) is 3. The summed E-state index contributed by atoms with van der Waals surface area (Å²) in [6.07, 6.45) is 2.48. The number of nitrogens with two attached hydrogens (primary N) is 1. The van der Waals surface area contributed by atoms with Crippen molar-refractivity contribution in [3.63, 3.8) is 0 Å². The minimum atomic E-state index is -0.429. The van der Waals surface area contributed by atoms with Crippen LogP contribution in [0.3, 0.4) is 0 Å². The third kappa shape index (κ3) is 6.57. The zero-order valence-corrected chi connectivity index (χ0v) is 16.7. The van der Waals surface area contributed by atoms with Crippen molar-refractivity contribution in [2.75, 3.05) is 19.7 Å². The fourth-order valence-electron chi connectivity index (χ4n) is 2.55. The molecule has 2 N–H and O–H groups in total. The van der Waals surface area contributed by atoms with Gasteiger partial charge in [-0.25, -0.2) is 0 Å². The number of carbonyl (C=O) groups excluding carboxylic acids is 2. The molecule has 0 saturated carbocycles. The highest BCUT2D eigenvalue weighted by Gasteiger charge is 2.18. The molecule has 0 bridgehead atoms. The van der Waals surface area contributed by atoms with E-state index in [2.05, 4.69) is 22.5 Å². The molecule has 0 fully saturated rings. The lowest BCUT2D eigenvalue weighted by Gasteiger charge is -2.23. The molecule has 0 spiro atoms. The van der Waals surface area contributed by atoms with E-state index in [1.54, 1.807) is 29.2 Å². The molecule has 0 aliphatic carbocycles. The molecular formula is C21H23BrN2O3. The molecular weight excluding hydrogens is 408 g/mol. The zero-order chi connectivity index (χ0) is 19.6. The van der Waals surface area contributed by atoms with E-state index in [1.165, 1.54) is 0 Å². The van der Waals surface area contributed by atoms with Crippen LogP contribution in [-0.4, -0.2) is 36.4 Å². The van der Waals surface area contributed by atoms with Crippen LogP contribution < -0.4 is 10.5 Å². The molecule has 5 nitrogen and oxygen atoms in total. The minimum Gasteiger partial charge on any atom is -0.488 e. The van der Waals surface area contributed by atoms with Crippen LogP contribution in [-0.2, 0) is 11.2 Å². The van der Waals surface area contributed by atoms with Crippen molar-refractivity contribution in [3.05, 3.63) is 76.8 Å². The number of ether oxygens (including phenoxy) is 1. The third-order valence-electron chi connectivity index (χ3n) is 3.96. The van der Waals surface area contributed by atoms with E-state index in [0.29, 0.717) is 35.4 Å². The first-order chi connectivity index (χ1) is 13.0. The number of rotatable bonds is 10. The van der Waals surface area contributed by atoms with Gasteiger partial charge < -0.3 is 15.4 Å². The van der Waals surface area contributed by atoms with Crippen LogP contribution in [0.4, 0.5) is 0 Å². The molecule has 0 saturated heterocycles. The summed E-state index contributed by atoms with van der Waals surface area (Å²) >= 11 is 3.43. The molecule has 0 radical (unpaired) electrons. The SMILES string of the molecule is C=CCOc1ccc(C(=O)N(CCC(N)=O)CCc2ccccc2)cc1Br. The molecule has 2 aromatic rings. The van der Waals surface area contributed by atoms with Gasteiger partial charge in [0.2, 0.25) is 5.91 Å². The van der Waals surface area contributed by atoms with E-state index < -0.39 is 5.91 Å². The average Bonchev–Trinajstić information content (AvgIpc) is 2.67. The van der Waals surface area contributed by atoms with Gasteiger partial charge in [0.1, 0.15) is 12.4 Å². The van der Waals surface area contributed by atoms with Gasteiger partial charge >= 0.3 is 0 Å². The quantitative estimate of drug-likeness (QED) is 0.585. The van der Waals surface area contributed by atoms with Gasteiger partial charge in [-0.1, -0.05) is 43.0 Å². The Hall–Kier alpha value is -2.60. The van der Waals surface area contributed by atoms with E-state index in [0.717, 1.165) is 5.56 Å². The van der Waals surface area contributed by atoms with Crippen molar-refractivity contribution in [1.82, 2.24) is 4.90 Å². The normalized spacial score (nSPS) is 10.3. The lowest BCUT2D eigenvalue weighted by atomic mass is 10.1. The molecule has 142 valence electrons. The zero-order valence-electron chi connectivity index (χ0n) is 15.1. The molecule has 2 rings (SSSR count). The first-order valence-electron chi connectivity index (χ1n) is 8.66. The minimum absolute atomic E-state index is 0.127. The predicted octanol–water partition coefficient (Wildman–Crippen LogP) is 3.57. The first-order valence-corrected chi connectivity index (χ1v) is 9.45. The summed E-state index contributed by atoms with van der Waals surface area (Å²) in [4.78, 5) is 25.8. The summed E-state index contributed by atoms with van der Waals surface area (Å²) in [5.74, 6) is 0.0597. The Morgan fingerprint density at radius 3 is 2.52 bits per heavy atom. The monoisotopic (exact) mass is 430 g/mol. The van der Waals surface area contributed by atoms with Gasteiger partial charge in [0, 0.05) is 25.1 Å². The largest absolute Gasteiger partial charge is 0.488 e. The number of hydrogen-bond donors (Lipinski definition) is 1. The van der Waals surface area contributed by atoms with Crippen molar-refractivity contribution in [1.29, 1.82) is 0 Å². The van der Waals surface area contributed by atoms with Gasteiger partial charge in [-0.15, -0.1) is 0 Å². The van der Waals surface area contributed by atoms with E-state index in [4.69, 9.17) is 10.5 Å². The van der Waals surface area contributed by atoms with Gasteiger partial charge in [0.25, 0.3) is 5.91 Å². The number of halogens is 1. The topological polar surface area (TPSA) is 72.6 Å². The highest BCUT2D eigenvalue weighted by molar-refractivity contribution is 9.10. The van der Waals surface area contributed by atoms with Crippen molar-refractivity contribution >= 4 is 27.7 Å². The van der Waals surface area contributed by atoms with Crippen LogP contribution in [0.2, 0.25) is 0 Å². The van der Waals surface area contributed by atoms with Crippen LogP contribution in [0.15, 0.2) is 65.7 Å². The fraction of sp³-hybridized carbons (Fsp3) is 0.238. The van der Waals surface area contributed by atoms with Crippen molar-refractivity contribution in [2.45, 2.75) is 12.8 Å². The summed E-state index contributed by atoms with van der Waals surface area (Å²) in [5.41, 5.74) is 6.92. The van der Waals surface area contributed by atoms with Gasteiger partial charge in [0.05, 0.1) is 4.47 Å². The Morgan fingerprint density at radius 1 is 1.15 bits per heavy atom. The number of benzene rings is 2. The van der Waals surface area contributed by atoms with E-state index >= 15 is 0 Å². The van der Waals surface area contributed by atoms with E-state index in [1.807, 2.05) is 30.3 Å². The number of nitrogens with zero attached hydrogens (tertiary/aromatic N) is 1. The highest BCUT2D eigenvalue weighted by atomic mass is 79.9. The van der Waals surface area contributed by atoms with Gasteiger partial charge in [-0.05, 0) is 46.1 Å². The molecule has 2 amide bonds. The number of carbonyl (C=O) groups is 2. The molecule has 0 heterocycles. The Morgan fingerprint density at radius 2 is 1.89 bits per heavy atom. The van der Waals surface area contributed by atoms with E-state index in [-0.39, 0.29) is 18.9 Å². The maximum absolute atomic E-state index is 13.0. The molecule has 0 unspecified atom stereocenters. The lowest BCUT2D eigenvalue weighted by Crippen LogP contribution is -2.35. The maximum Gasteiger partial charge on any atom is 0.253 e. The van der Waals surface area contributed by atoms with Gasteiger partial charge in [0.15, 0.2) is 0 Å². The van der Waals surface area contributed by atoms with E-state index in [9.17, 15) is 9.59 Å². The smallest absolute Gasteiger partial charge is 0.253 e. The second-order valence-electron chi connectivity index (χ2n) is 5.99. The predicted molar refractivity (Wildman–Crippen MR) is 110 cm³/mol. The standard InChI is InChI=1S/C21H23BrN2O3/c1-2-14-27-19-9-8-17(15-18(19)22)21(26)24(13-11-20(23)25)12-10-16-6-4-3-5-7-16/h2-9,15H,1,10-14H2,(H2,23,25). The molecule has 0 aromatic heterocycles. The average molecular weight is 431 g/mol. The Bertz CT molecular complexity index is 793. The summed E-state index contributed by atoms with van der Waals surface area (Å²) in [6, 6.07) is 15.1. The summed E-state index contributed by atoms with van der Waals surface area (Å²) < 4.78 is 6.20. The van der Waals surface area contributed by atoms with Crippen molar-refractivity contribution in [2.24, 2.45) is 5.73 Å². The Balaban J connectivity index is 2.12. The lowest BCUT2D eigenvalue weighted by molar-refractivity contribution is -0.118. The van der Waals surface area contributed by atoms with Crippen LogP contribution >= 0.6 is 15.9 Å². The summed E-state index contributed by atoms with van der Waals surface area (Å²) in [7, 11) is 0. The second kappa shape index (κ2) is 10.5. The first kappa shape index (κ1) is 20.7. The van der Waals surface area contributed by atoms with Crippen molar-refractivity contribution in [3.8, 4) is 5.75 Å². The molecule has 2 aromatic carbocycles. The van der Waals surface area contributed by atoms with Crippen molar-refractivity contribution < 1.29 is 14.3 Å². The maximum atomic E-state index is 13.0. The Labute approximate surface area is 167 Å². The third-order valence-corrected chi connectivity index (χ3v) is 4.58. The summed E-state index contributed by atoms with van der Waals surface area (Å²) in [6.45, 7) is 4.79. The summed E-state index contributed by atoms with van der Waals surface area (Å²) in [5, 5.41) is 0. The molecule has 6 heteroatoms.